The van der Waals surface area contributed by atoms with Crippen molar-refractivity contribution in [3.05, 3.63) is 0 Å². The molecule has 1 fully saturated rings. The first-order valence-electron chi connectivity index (χ1n) is 7.80. The summed E-state index contributed by atoms with van der Waals surface area (Å²) in [5.41, 5.74) is 5.78. The van der Waals surface area contributed by atoms with Gasteiger partial charge >= 0.3 is 0 Å². The normalized spacial score (nSPS) is 28.4. The molecule has 2 unspecified atom stereocenters. The molecule has 0 radical (unpaired) electrons. The minimum Gasteiger partial charge on any atom is -0.392 e. The second-order valence-corrected chi connectivity index (χ2v) is 6.10. The summed E-state index contributed by atoms with van der Waals surface area (Å²) < 4.78 is 0. The van der Waals surface area contributed by atoms with Crippen molar-refractivity contribution in [2.75, 3.05) is 13.1 Å². The molecule has 112 valence electrons. The van der Waals surface area contributed by atoms with Crippen molar-refractivity contribution in [1.82, 2.24) is 5.32 Å². The highest BCUT2D eigenvalue weighted by Crippen LogP contribution is 2.36. The zero-order valence-electron chi connectivity index (χ0n) is 12.6. The Kier molecular flexibility index (Phi) is 7.21. The molecule has 1 aliphatic carbocycles. The smallest absolute Gasteiger partial charge is 0.188 e. The lowest BCUT2D eigenvalue weighted by Crippen LogP contribution is -2.40. The summed E-state index contributed by atoms with van der Waals surface area (Å²) in [5.74, 6) is 0.524. The van der Waals surface area contributed by atoms with E-state index in [1.54, 1.807) is 0 Å². The van der Waals surface area contributed by atoms with Crippen LogP contribution in [0.3, 0.4) is 0 Å². The minimum absolute atomic E-state index is 0.0905. The van der Waals surface area contributed by atoms with Crippen LogP contribution in [0.1, 0.15) is 65.2 Å². The largest absolute Gasteiger partial charge is 0.392 e. The molecule has 4 N–H and O–H groups in total. The van der Waals surface area contributed by atoms with Gasteiger partial charge in [0.2, 0.25) is 0 Å². The first-order valence-corrected chi connectivity index (χ1v) is 7.80. The molecule has 0 bridgehead atoms. The van der Waals surface area contributed by atoms with Crippen LogP contribution in [0.2, 0.25) is 0 Å². The summed E-state index contributed by atoms with van der Waals surface area (Å²) in [4.78, 5) is 4.41. The average Bonchev–Trinajstić information content (AvgIpc) is 2.40. The van der Waals surface area contributed by atoms with Crippen molar-refractivity contribution in [2.24, 2.45) is 16.1 Å². The summed E-state index contributed by atoms with van der Waals surface area (Å²) >= 11 is 0. The number of nitrogens with zero attached hydrogens (tertiary/aromatic N) is 1. The van der Waals surface area contributed by atoms with E-state index in [1.807, 2.05) is 0 Å². The molecule has 1 aliphatic rings. The topological polar surface area (TPSA) is 70.6 Å². The number of hydrogen-bond acceptors (Lipinski definition) is 2. The summed E-state index contributed by atoms with van der Waals surface area (Å²) in [5, 5.41) is 13.2. The highest BCUT2D eigenvalue weighted by atomic mass is 16.3. The number of nitrogens with two attached hydrogens (primary N) is 1. The van der Waals surface area contributed by atoms with E-state index in [9.17, 15) is 5.11 Å². The molecule has 2 atom stereocenters. The molecule has 0 saturated heterocycles. The van der Waals surface area contributed by atoms with Crippen LogP contribution in [-0.4, -0.2) is 30.3 Å². The third-order valence-electron chi connectivity index (χ3n) is 4.23. The SMILES string of the molecule is CCCCCCNC(N)=NCC1(C)CCCCC1O. The highest BCUT2D eigenvalue weighted by Gasteiger charge is 2.35. The van der Waals surface area contributed by atoms with Crippen molar-refractivity contribution in [3.8, 4) is 0 Å². The Morgan fingerprint density at radius 2 is 2.16 bits per heavy atom. The van der Waals surface area contributed by atoms with E-state index in [4.69, 9.17) is 5.73 Å². The van der Waals surface area contributed by atoms with Gasteiger partial charge in [-0.1, -0.05) is 46.0 Å². The average molecular weight is 269 g/mol. The van der Waals surface area contributed by atoms with Crippen molar-refractivity contribution >= 4 is 5.96 Å². The first kappa shape index (κ1) is 16.3. The van der Waals surface area contributed by atoms with Crippen molar-refractivity contribution < 1.29 is 5.11 Å². The Hall–Kier alpha value is -0.770. The maximum absolute atomic E-state index is 10.1. The molecule has 0 aromatic rings. The van der Waals surface area contributed by atoms with Gasteiger partial charge in [0.1, 0.15) is 0 Å². The van der Waals surface area contributed by atoms with Crippen LogP contribution in [0.5, 0.6) is 0 Å². The fourth-order valence-corrected chi connectivity index (χ4v) is 2.66. The number of aliphatic hydroxyl groups excluding tert-OH is 1. The molecule has 0 aromatic carbocycles. The molecule has 0 amide bonds. The fraction of sp³-hybridized carbons (Fsp3) is 0.933. The standard InChI is InChI=1S/C15H31N3O/c1-3-4-5-8-11-17-14(16)18-12-15(2)10-7-6-9-13(15)19/h13,19H,3-12H2,1-2H3,(H3,16,17,18). The van der Waals surface area contributed by atoms with Gasteiger partial charge in [-0.25, -0.2) is 0 Å². The lowest BCUT2D eigenvalue weighted by atomic mass is 9.73. The van der Waals surface area contributed by atoms with Crippen LogP contribution in [0.25, 0.3) is 0 Å². The summed E-state index contributed by atoms with van der Waals surface area (Å²) in [6.07, 6.45) is 8.94. The van der Waals surface area contributed by atoms with Crippen molar-refractivity contribution in [2.45, 2.75) is 71.3 Å². The van der Waals surface area contributed by atoms with Crippen LogP contribution in [-0.2, 0) is 0 Å². The van der Waals surface area contributed by atoms with Crippen molar-refractivity contribution in [1.29, 1.82) is 0 Å². The Labute approximate surface area is 117 Å². The molecular formula is C15H31N3O. The van der Waals surface area contributed by atoms with E-state index < -0.39 is 0 Å². The van der Waals surface area contributed by atoms with E-state index >= 15 is 0 Å². The van der Waals surface area contributed by atoms with E-state index in [-0.39, 0.29) is 11.5 Å². The monoisotopic (exact) mass is 269 g/mol. The molecule has 0 heterocycles. The quantitative estimate of drug-likeness (QED) is 0.377. The predicted molar refractivity (Wildman–Crippen MR) is 81.2 cm³/mol. The molecule has 0 aliphatic heterocycles. The molecule has 4 nitrogen and oxygen atoms in total. The lowest BCUT2D eigenvalue weighted by Gasteiger charge is -2.37. The minimum atomic E-state index is -0.234. The van der Waals surface area contributed by atoms with Gasteiger partial charge in [-0.15, -0.1) is 0 Å². The number of hydrogen-bond donors (Lipinski definition) is 3. The van der Waals surface area contributed by atoms with Crippen LogP contribution < -0.4 is 11.1 Å². The number of rotatable bonds is 7. The van der Waals surface area contributed by atoms with Gasteiger partial charge in [0.25, 0.3) is 0 Å². The van der Waals surface area contributed by atoms with Crippen LogP contribution in [0.4, 0.5) is 0 Å². The third kappa shape index (κ3) is 5.81. The Balaban J connectivity index is 2.26. The highest BCUT2D eigenvalue weighted by molar-refractivity contribution is 5.77. The van der Waals surface area contributed by atoms with Gasteiger partial charge in [-0.3, -0.25) is 4.99 Å². The van der Waals surface area contributed by atoms with Crippen LogP contribution in [0.15, 0.2) is 4.99 Å². The molecule has 0 spiro atoms. The Morgan fingerprint density at radius 3 is 2.84 bits per heavy atom. The molecule has 4 heteroatoms. The van der Waals surface area contributed by atoms with Crippen LogP contribution in [0, 0.1) is 5.41 Å². The zero-order valence-corrected chi connectivity index (χ0v) is 12.6. The van der Waals surface area contributed by atoms with Gasteiger partial charge in [0, 0.05) is 12.0 Å². The second kappa shape index (κ2) is 8.41. The van der Waals surface area contributed by atoms with Gasteiger partial charge in [0.05, 0.1) is 12.6 Å². The number of nitrogens with one attached hydrogen (secondary N) is 1. The third-order valence-corrected chi connectivity index (χ3v) is 4.23. The van der Waals surface area contributed by atoms with E-state index in [1.165, 1.54) is 25.7 Å². The number of guanidine groups is 1. The number of unbranched alkanes of at least 4 members (excludes halogenated alkanes) is 3. The Morgan fingerprint density at radius 1 is 1.37 bits per heavy atom. The van der Waals surface area contributed by atoms with Crippen LogP contribution >= 0.6 is 0 Å². The fourth-order valence-electron chi connectivity index (χ4n) is 2.66. The van der Waals surface area contributed by atoms with Gasteiger partial charge < -0.3 is 16.2 Å². The van der Waals surface area contributed by atoms with Gasteiger partial charge in [0.15, 0.2) is 5.96 Å². The van der Waals surface area contributed by atoms with Crippen molar-refractivity contribution in [3.63, 3.8) is 0 Å². The maximum Gasteiger partial charge on any atom is 0.188 e. The molecule has 19 heavy (non-hydrogen) atoms. The number of aliphatic hydroxyl groups is 1. The summed E-state index contributed by atoms with van der Waals surface area (Å²) in [6, 6.07) is 0. The number of aliphatic imine (C=N–C) groups is 1. The van der Waals surface area contributed by atoms with E-state index in [0.717, 1.165) is 32.2 Å². The predicted octanol–water partition coefficient (Wildman–Crippen LogP) is 2.41. The first-order chi connectivity index (χ1) is 9.08. The van der Waals surface area contributed by atoms with E-state index in [2.05, 4.69) is 24.2 Å². The van der Waals surface area contributed by atoms with Gasteiger partial charge in [-0.05, 0) is 19.3 Å². The molecule has 0 aromatic heterocycles. The van der Waals surface area contributed by atoms with Gasteiger partial charge in [-0.2, -0.15) is 0 Å². The summed E-state index contributed by atoms with van der Waals surface area (Å²) in [7, 11) is 0. The lowest BCUT2D eigenvalue weighted by molar-refractivity contribution is 0.00719. The molecule has 1 rings (SSSR count). The summed E-state index contributed by atoms with van der Waals surface area (Å²) in [6.45, 7) is 5.85. The Bertz CT molecular complexity index is 281. The second-order valence-electron chi connectivity index (χ2n) is 6.10. The molecule has 1 saturated carbocycles. The van der Waals surface area contributed by atoms with E-state index in [0.29, 0.717) is 12.5 Å². The maximum atomic E-state index is 10.1. The molecular weight excluding hydrogens is 238 g/mol. The zero-order chi connectivity index (χ0) is 14.1.